The van der Waals surface area contributed by atoms with E-state index in [0.717, 1.165) is 4.90 Å². The second kappa shape index (κ2) is 7.75. The van der Waals surface area contributed by atoms with Gasteiger partial charge < -0.3 is 19.1 Å². The van der Waals surface area contributed by atoms with Crippen molar-refractivity contribution in [3.63, 3.8) is 0 Å². The first-order valence-electron chi connectivity index (χ1n) is 9.49. The fourth-order valence-corrected chi connectivity index (χ4v) is 3.96. The number of likely N-dealkylation sites (tertiary alicyclic amines) is 1. The van der Waals surface area contributed by atoms with Crippen molar-refractivity contribution in [3.8, 4) is 11.5 Å². The van der Waals surface area contributed by atoms with E-state index in [1.165, 1.54) is 38.4 Å². The van der Waals surface area contributed by atoms with Gasteiger partial charge in [0.2, 0.25) is 5.91 Å². The van der Waals surface area contributed by atoms with E-state index >= 15 is 0 Å². The zero-order valence-corrected chi connectivity index (χ0v) is 17.2. The third-order valence-corrected chi connectivity index (χ3v) is 5.55. The smallest absolute Gasteiger partial charge is 0.331 e. The number of esters is 1. The lowest BCUT2D eigenvalue weighted by atomic mass is 9.92. The minimum Gasteiger partial charge on any atom is -0.497 e. The Bertz CT molecular complexity index is 1060. The van der Waals surface area contributed by atoms with E-state index in [1.54, 1.807) is 30.3 Å². The predicted octanol–water partition coefficient (Wildman–Crippen LogP) is 1.25. The number of methoxy groups -OCH3 is 3. The molecule has 0 N–H and O–H groups in total. The van der Waals surface area contributed by atoms with Gasteiger partial charge in [0.1, 0.15) is 11.5 Å². The van der Waals surface area contributed by atoms with Crippen LogP contribution < -0.4 is 9.47 Å². The molecule has 0 unspecified atom stereocenters. The molecule has 1 saturated heterocycles. The highest BCUT2D eigenvalue weighted by Crippen LogP contribution is 2.36. The van der Waals surface area contributed by atoms with Crippen LogP contribution in [0.4, 0.5) is 0 Å². The molecule has 1 fully saturated rings. The van der Waals surface area contributed by atoms with E-state index < -0.39 is 35.8 Å². The Hall–Kier alpha value is -3.88. The first kappa shape index (κ1) is 20.4. The van der Waals surface area contributed by atoms with Gasteiger partial charge in [-0.2, -0.15) is 0 Å². The Balaban J connectivity index is 1.64. The summed E-state index contributed by atoms with van der Waals surface area (Å²) in [5.74, 6) is -1.40. The number of benzene rings is 2. The van der Waals surface area contributed by atoms with Crippen molar-refractivity contribution in [3.05, 3.63) is 59.2 Å². The maximum absolute atomic E-state index is 13.1. The molecule has 9 heteroatoms. The minimum atomic E-state index is -1.26. The first-order chi connectivity index (χ1) is 14.9. The van der Waals surface area contributed by atoms with Crippen LogP contribution in [0.15, 0.2) is 42.5 Å². The molecule has 0 bridgehead atoms. The fraction of sp³-hybridized carbons (Fsp3) is 0.273. The summed E-state index contributed by atoms with van der Waals surface area (Å²) in [6, 6.07) is 9.01. The highest BCUT2D eigenvalue weighted by molar-refractivity contribution is 6.24. The summed E-state index contributed by atoms with van der Waals surface area (Å²) in [5, 5.41) is 0. The normalized spacial score (nSPS) is 19.8. The van der Waals surface area contributed by atoms with E-state index in [9.17, 15) is 19.2 Å². The quantitative estimate of drug-likeness (QED) is 0.391. The molecule has 2 aromatic carbocycles. The number of hydrogen-bond donors (Lipinski definition) is 0. The lowest BCUT2D eigenvalue weighted by Crippen LogP contribution is -2.73. The van der Waals surface area contributed by atoms with Crippen LogP contribution in [-0.4, -0.2) is 66.9 Å². The maximum Gasteiger partial charge on any atom is 0.331 e. The van der Waals surface area contributed by atoms with Crippen molar-refractivity contribution >= 4 is 23.7 Å². The second-order valence-electron chi connectivity index (χ2n) is 7.08. The number of nitrogens with zero attached hydrogens (tertiary/aromatic N) is 2. The zero-order valence-electron chi connectivity index (χ0n) is 17.2. The molecular formula is C22H20N2O7. The average Bonchev–Trinajstić information content (AvgIpc) is 3.05. The van der Waals surface area contributed by atoms with E-state index in [2.05, 4.69) is 0 Å². The third-order valence-electron chi connectivity index (χ3n) is 5.55. The van der Waals surface area contributed by atoms with Crippen molar-refractivity contribution in [2.75, 3.05) is 21.3 Å². The minimum absolute atomic E-state index is 0.0332. The average molecular weight is 424 g/mol. The van der Waals surface area contributed by atoms with Crippen LogP contribution in [0.2, 0.25) is 0 Å². The number of ether oxygens (including phenoxy) is 3. The second-order valence-corrected chi connectivity index (χ2v) is 7.08. The molecule has 4 rings (SSSR count). The van der Waals surface area contributed by atoms with Crippen LogP contribution in [0, 0.1) is 0 Å². The molecule has 0 aliphatic carbocycles. The highest BCUT2D eigenvalue weighted by Gasteiger charge is 2.59. The Morgan fingerprint density at radius 3 is 2.13 bits per heavy atom. The van der Waals surface area contributed by atoms with Crippen LogP contribution in [0.25, 0.3) is 0 Å². The molecular weight excluding hydrogens is 404 g/mol. The van der Waals surface area contributed by atoms with Crippen LogP contribution in [0.5, 0.6) is 11.5 Å². The van der Waals surface area contributed by atoms with Gasteiger partial charge in [0.15, 0.2) is 12.1 Å². The van der Waals surface area contributed by atoms with Crippen LogP contribution >= 0.6 is 0 Å². The molecule has 0 saturated carbocycles. The van der Waals surface area contributed by atoms with Crippen LogP contribution in [0.3, 0.4) is 0 Å². The van der Waals surface area contributed by atoms with Crippen molar-refractivity contribution in [2.24, 2.45) is 0 Å². The number of fused-ring (bicyclic) bond motifs is 1. The number of hydrogen-bond acceptors (Lipinski definition) is 7. The number of imide groups is 1. The monoisotopic (exact) mass is 424 g/mol. The predicted molar refractivity (Wildman–Crippen MR) is 107 cm³/mol. The molecule has 2 atom stereocenters. The maximum atomic E-state index is 13.1. The Morgan fingerprint density at radius 1 is 0.935 bits per heavy atom. The van der Waals surface area contributed by atoms with Gasteiger partial charge >= 0.3 is 5.97 Å². The molecule has 31 heavy (non-hydrogen) atoms. The van der Waals surface area contributed by atoms with Gasteiger partial charge in [-0.15, -0.1) is 0 Å². The number of carbonyl (C=O) groups excluding carboxylic acids is 4. The number of rotatable bonds is 6. The molecule has 0 aromatic heterocycles. The molecule has 0 spiro atoms. The summed E-state index contributed by atoms with van der Waals surface area (Å²) < 4.78 is 15.4. The largest absolute Gasteiger partial charge is 0.497 e. The standard InChI is InChI=1S/C22H20N2O7/c1-29-13-9-8-12(16(10-13)30-2)11-23-18(22(28)31-3)17(21(23)27)24-19(25)14-6-4-5-7-15(14)20(24)26/h4-10,17-18H,11H2,1-3H3/t17-,18-/m1/s1. The van der Waals surface area contributed by atoms with Gasteiger partial charge in [0, 0.05) is 11.6 Å². The van der Waals surface area contributed by atoms with Gasteiger partial charge in [-0.3, -0.25) is 19.3 Å². The molecule has 3 amide bonds. The molecule has 0 radical (unpaired) electrons. The van der Waals surface area contributed by atoms with Gasteiger partial charge in [-0.1, -0.05) is 12.1 Å². The number of amides is 3. The SMILES string of the molecule is COC(=O)[C@H]1[C@@H](N2C(=O)c3ccccc3C2=O)C(=O)N1Cc1ccc(OC)cc1OC. The van der Waals surface area contributed by atoms with Crippen molar-refractivity contribution < 1.29 is 33.4 Å². The van der Waals surface area contributed by atoms with E-state index in [0.29, 0.717) is 17.1 Å². The Kier molecular flexibility index (Phi) is 5.10. The number of β-lactam (4-membered cyclic amide) rings is 1. The van der Waals surface area contributed by atoms with Crippen LogP contribution in [0.1, 0.15) is 26.3 Å². The number of carbonyl (C=O) groups is 4. The Morgan fingerprint density at radius 2 is 1.58 bits per heavy atom. The molecule has 2 aliphatic rings. The van der Waals surface area contributed by atoms with Gasteiger partial charge in [-0.25, -0.2) is 4.79 Å². The van der Waals surface area contributed by atoms with E-state index in [4.69, 9.17) is 14.2 Å². The molecule has 9 nitrogen and oxygen atoms in total. The molecule has 160 valence electrons. The molecule has 2 heterocycles. The van der Waals surface area contributed by atoms with Gasteiger partial charge in [0.05, 0.1) is 39.0 Å². The van der Waals surface area contributed by atoms with Gasteiger partial charge in [0.25, 0.3) is 11.8 Å². The van der Waals surface area contributed by atoms with Crippen molar-refractivity contribution in [1.29, 1.82) is 0 Å². The van der Waals surface area contributed by atoms with Crippen molar-refractivity contribution in [1.82, 2.24) is 9.80 Å². The van der Waals surface area contributed by atoms with Gasteiger partial charge in [-0.05, 0) is 24.3 Å². The van der Waals surface area contributed by atoms with Crippen molar-refractivity contribution in [2.45, 2.75) is 18.6 Å². The topological polar surface area (TPSA) is 102 Å². The summed E-state index contributed by atoms with van der Waals surface area (Å²) in [7, 11) is 4.19. The van der Waals surface area contributed by atoms with E-state index in [-0.39, 0.29) is 17.7 Å². The van der Waals surface area contributed by atoms with E-state index in [1.807, 2.05) is 0 Å². The third kappa shape index (κ3) is 3.09. The highest BCUT2D eigenvalue weighted by atomic mass is 16.5. The summed E-state index contributed by atoms with van der Waals surface area (Å²) in [4.78, 5) is 53.4. The molecule has 2 aliphatic heterocycles. The molecule has 2 aromatic rings. The summed E-state index contributed by atoms with van der Waals surface area (Å²) in [5.41, 5.74) is 1.05. The lowest BCUT2D eigenvalue weighted by molar-refractivity contribution is -0.172. The first-order valence-corrected chi connectivity index (χ1v) is 9.49. The zero-order chi connectivity index (χ0) is 22.3. The summed E-state index contributed by atoms with van der Waals surface area (Å²) in [6.07, 6.45) is 0. The fourth-order valence-electron chi connectivity index (χ4n) is 3.96. The van der Waals surface area contributed by atoms with Crippen LogP contribution in [-0.2, 0) is 20.9 Å². The lowest BCUT2D eigenvalue weighted by Gasteiger charge is -2.47. The summed E-state index contributed by atoms with van der Waals surface area (Å²) >= 11 is 0. The Labute approximate surface area is 178 Å². The summed E-state index contributed by atoms with van der Waals surface area (Å²) in [6.45, 7) is 0.0332.